The monoisotopic (exact) mass is 373 g/mol. The van der Waals surface area contributed by atoms with Crippen molar-refractivity contribution in [3.63, 3.8) is 0 Å². The number of amides is 1. The highest BCUT2D eigenvalue weighted by molar-refractivity contribution is 5.94. The number of carbonyl (C=O) groups is 1. The zero-order chi connectivity index (χ0) is 19.0. The molecule has 0 bridgehead atoms. The molecule has 0 aromatic heterocycles. The Morgan fingerprint density at radius 3 is 2.26 bits per heavy atom. The van der Waals surface area contributed by atoms with Crippen LogP contribution in [0.25, 0.3) is 0 Å². The lowest BCUT2D eigenvalue weighted by atomic mass is 9.58. The molecule has 2 atom stereocenters. The SMILES string of the molecule is CO[C@H]1C[C@@H](O)C12CCN(C(=O)c1ccc(N3CCN(C)CC3)cc1)CC2. The smallest absolute Gasteiger partial charge is 0.253 e. The largest absolute Gasteiger partial charge is 0.392 e. The minimum Gasteiger partial charge on any atom is -0.392 e. The number of carbonyl (C=O) groups excluding carboxylic acids is 1. The summed E-state index contributed by atoms with van der Waals surface area (Å²) in [6.45, 7) is 5.59. The first-order valence-corrected chi connectivity index (χ1v) is 10.1. The first kappa shape index (κ1) is 18.7. The van der Waals surface area contributed by atoms with Crippen molar-refractivity contribution in [2.75, 3.05) is 58.3 Å². The highest BCUT2D eigenvalue weighted by Crippen LogP contribution is 2.50. The maximum absolute atomic E-state index is 12.9. The number of piperazine rings is 1. The number of aliphatic hydroxyl groups excluding tert-OH is 1. The van der Waals surface area contributed by atoms with E-state index in [-0.39, 0.29) is 23.5 Å². The van der Waals surface area contributed by atoms with Crippen LogP contribution in [0.1, 0.15) is 29.6 Å². The van der Waals surface area contributed by atoms with Crippen molar-refractivity contribution in [1.29, 1.82) is 0 Å². The van der Waals surface area contributed by atoms with E-state index in [9.17, 15) is 9.90 Å². The van der Waals surface area contributed by atoms with Gasteiger partial charge in [-0.3, -0.25) is 4.79 Å². The van der Waals surface area contributed by atoms with E-state index in [1.807, 2.05) is 17.0 Å². The molecule has 1 saturated carbocycles. The number of aliphatic hydroxyl groups is 1. The minimum atomic E-state index is -0.289. The highest BCUT2D eigenvalue weighted by Gasteiger charge is 2.56. The Balaban J connectivity index is 1.36. The van der Waals surface area contributed by atoms with Gasteiger partial charge in [0.1, 0.15) is 0 Å². The molecule has 3 aliphatic rings. The summed E-state index contributed by atoms with van der Waals surface area (Å²) >= 11 is 0. The number of ether oxygens (including phenoxy) is 1. The molecular formula is C21H31N3O3. The fraction of sp³-hybridized carbons (Fsp3) is 0.667. The number of methoxy groups -OCH3 is 1. The number of likely N-dealkylation sites (tertiary alicyclic amines) is 1. The molecule has 6 nitrogen and oxygen atoms in total. The molecule has 1 spiro atoms. The van der Waals surface area contributed by atoms with E-state index in [1.165, 1.54) is 5.69 Å². The average molecular weight is 373 g/mol. The van der Waals surface area contributed by atoms with Gasteiger partial charge >= 0.3 is 0 Å². The summed E-state index contributed by atoms with van der Waals surface area (Å²) in [5.41, 5.74) is 1.80. The summed E-state index contributed by atoms with van der Waals surface area (Å²) in [4.78, 5) is 19.5. The maximum atomic E-state index is 12.9. The van der Waals surface area contributed by atoms with Gasteiger partial charge in [0.2, 0.25) is 0 Å². The third-order valence-electron chi connectivity index (χ3n) is 6.99. The molecular weight excluding hydrogens is 342 g/mol. The number of piperidine rings is 1. The molecule has 148 valence electrons. The van der Waals surface area contributed by atoms with Gasteiger partial charge in [-0.1, -0.05) is 0 Å². The number of benzene rings is 1. The Kier molecular flexibility index (Phi) is 5.14. The van der Waals surface area contributed by atoms with Gasteiger partial charge in [-0.05, 0) is 44.2 Å². The lowest BCUT2D eigenvalue weighted by molar-refractivity contribution is -0.199. The normalized spacial score (nSPS) is 28.3. The molecule has 1 aliphatic carbocycles. The quantitative estimate of drug-likeness (QED) is 0.869. The predicted octanol–water partition coefficient (Wildman–Crippen LogP) is 1.44. The van der Waals surface area contributed by atoms with Gasteiger partial charge in [-0.15, -0.1) is 0 Å². The van der Waals surface area contributed by atoms with E-state index in [4.69, 9.17) is 4.74 Å². The molecule has 6 heteroatoms. The fourth-order valence-corrected chi connectivity index (χ4v) is 4.90. The van der Waals surface area contributed by atoms with E-state index in [0.29, 0.717) is 13.1 Å². The lowest BCUT2D eigenvalue weighted by Crippen LogP contribution is -2.62. The Morgan fingerprint density at radius 2 is 1.70 bits per heavy atom. The molecule has 0 unspecified atom stereocenters. The van der Waals surface area contributed by atoms with Crippen LogP contribution in [0.2, 0.25) is 0 Å². The van der Waals surface area contributed by atoms with Crippen molar-refractivity contribution in [2.24, 2.45) is 5.41 Å². The first-order chi connectivity index (χ1) is 13.0. The molecule has 1 N–H and O–H groups in total. The summed E-state index contributed by atoms with van der Waals surface area (Å²) in [6, 6.07) is 8.05. The topological polar surface area (TPSA) is 56.3 Å². The van der Waals surface area contributed by atoms with Gasteiger partial charge in [0, 0.05) is 69.5 Å². The number of likely N-dealkylation sites (N-methyl/N-ethyl adjacent to an activating group) is 1. The van der Waals surface area contributed by atoms with Crippen LogP contribution >= 0.6 is 0 Å². The van der Waals surface area contributed by atoms with Crippen molar-refractivity contribution < 1.29 is 14.6 Å². The van der Waals surface area contributed by atoms with E-state index >= 15 is 0 Å². The summed E-state index contributed by atoms with van der Waals surface area (Å²) in [6.07, 6.45) is 2.20. The molecule has 0 radical (unpaired) electrons. The molecule has 4 rings (SSSR count). The zero-order valence-electron chi connectivity index (χ0n) is 16.4. The van der Waals surface area contributed by atoms with Gasteiger partial charge in [0.05, 0.1) is 12.2 Å². The fourth-order valence-electron chi connectivity index (χ4n) is 4.90. The molecule has 2 saturated heterocycles. The molecule has 3 fully saturated rings. The number of anilines is 1. The van der Waals surface area contributed by atoms with Gasteiger partial charge in [-0.25, -0.2) is 0 Å². The molecule has 1 amide bonds. The summed E-state index contributed by atoms with van der Waals surface area (Å²) in [7, 11) is 3.87. The molecule has 1 aromatic rings. The Hall–Kier alpha value is -1.63. The van der Waals surface area contributed by atoms with Gasteiger partial charge in [0.15, 0.2) is 0 Å². The van der Waals surface area contributed by atoms with Gasteiger partial charge < -0.3 is 24.5 Å². The number of rotatable bonds is 3. The lowest BCUT2D eigenvalue weighted by Gasteiger charge is -2.56. The molecule has 27 heavy (non-hydrogen) atoms. The van der Waals surface area contributed by atoms with E-state index in [0.717, 1.165) is 51.0 Å². The maximum Gasteiger partial charge on any atom is 0.253 e. The number of hydrogen-bond acceptors (Lipinski definition) is 5. The minimum absolute atomic E-state index is 0.0950. The number of hydrogen-bond donors (Lipinski definition) is 1. The van der Waals surface area contributed by atoms with Crippen LogP contribution in [-0.2, 0) is 4.74 Å². The van der Waals surface area contributed by atoms with Crippen molar-refractivity contribution in [2.45, 2.75) is 31.5 Å². The van der Waals surface area contributed by atoms with Gasteiger partial charge in [0.25, 0.3) is 5.91 Å². The summed E-state index contributed by atoms with van der Waals surface area (Å²) in [5.74, 6) is 0.0950. The van der Waals surface area contributed by atoms with Crippen molar-refractivity contribution in [3.8, 4) is 0 Å². The van der Waals surface area contributed by atoms with Crippen LogP contribution in [0.4, 0.5) is 5.69 Å². The van der Waals surface area contributed by atoms with Crippen molar-refractivity contribution in [3.05, 3.63) is 29.8 Å². The third kappa shape index (κ3) is 3.35. The van der Waals surface area contributed by atoms with E-state index in [2.05, 4.69) is 29.0 Å². The zero-order valence-corrected chi connectivity index (χ0v) is 16.4. The summed E-state index contributed by atoms with van der Waals surface area (Å²) < 4.78 is 5.54. The molecule has 2 aliphatic heterocycles. The van der Waals surface area contributed by atoms with Crippen LogP contribution < -0.4 is 4.90 Å². The molecule has 2 heterocycles. The van der Waals surface area contributed by atoms with Crippen LogP contribution in [0, 0.1) is 5.41 Å². The van der Waals surface area contributed by atoms with E-state index in [1.54, 1.807) is 7.11 Å². The average Bonchev–Trinajstić information content (AvgIpc) is 2.72. The van der Waals surface area contributed by atoms with Crippen LogP contribution in [0.5, 0.6) is 0 Å². The Morgan fingerprint density at radius 1 is 1.07 bits per heavy atom. The first-order valence-electron chi connectivity index (χ1n) is 10.1. The predicted molar refractivity (Wildman–Crippen MR) is 105 cm³/mol. The standard InChI is InChI=1S/C21H31N3O3/c1-22-11-13-23(14-12-22)17-5-3-16(4-6-17)20(26)24-9-7-21(8-10-24)18(25)15-19(21)27-2/h3-6,18-19,25H,7-15H2,1-2H3/t18-,19+/m1/s1. The second-order valence-electron chi connectivity index (χ2n) is 8.34. The van der Waals surface area contributed by atoms with E-state index < -0.39 is 0 Å². The molecule has 1 aromatic carbocycles. The van der Waals surface area contributed by atoms with Crippen LogP contribution in [0.3, 0.4) is 0 Å². The van der Waals surface area contributed by atoms with Gasteiger partial charge in [-0.2, -0.15) is 0 Å². The number of nitrogens with zero attached hydrogens (tertiary/aromatic N) is 3. The second kappa shape index (κ2) is 7.41. The Labute approximate surface area is 161 Å². The second-order valence-corrected chi connectivity index (χ2v) is 8.34. The highest BCUT2D eigenvalue weighted by atomic mass is 16.5. The van der Waals surface area contributed by atoms with Crippen LogP contribution in [0.15, 0.2) is 24.3 Å². The van der Waals surface area contributed by atoms with Crippen molar-refractivity contribution in [1.82, 2.24) is 9.80 Å². The third-order valence-corrected chi connectivity index (χ3v) is 6.99. The Bertz CT molecular complexity index is 662. The van der Waals surface area contributed by atoms with Crippen molar-refractivity contribution >= 4 is 11.6 Å². The summed E-state index contributed by atoms with van der Waals surface area (Å²) in [5, 5.41) is 10.2. The van der Waals surface area contributed by atoms with Crippen LogP contribution in [-0.4, -0.2) is 86.4 Å².